The number of nitrogens with one attached hydrogen (secondary N) is 1. The van der Waals surface area contributed by atoms with Gasteiger partial charge in [-0.3, -0.25) is 10.1 Å². The van der Waals surface area contributed by atoms with E-state index in [1.54, 1.807) is 19.1 Å². The first-order chi connectivity index (χ1) is 7.09. The number of anilines is 1. The molecule has 0 fully saturated rings. The van der Waals surface area contributed by atoms with Crippen LogP contribution in [0.25, 0.3) is 0 Å². The summed E-state index contributed by atoms with van der Waals surface area (Å²) in [5, 5.41) is 13.7. The lowest BCUT2D eigenvalue weighted by Gasteiger charge is -2.28. The van der Waals surface area contributed by atoms with Crippen LogP contribution < -0.4 is 10.1 Å². The van der Waals surface area contributed by atoms with Crippen molar-refractivity contribution in [1.29, 1.82) is 0 Å². The molecule has 1 heterocycles. The summed E-state index contributed by atoms with van der Waals surface area (Å²) in [5.74, 6) is 0.419. The number of nitro groups is 1. The summed E-state index contributed by atoms with van der Waals surface area (Å²) in [4.78, 5) is 10.3. The lowest BCUT2D eigenvalue weighted by molar-refractivity contribution is -0.384. The minimum Gasteiger partial charge on any atom is -0.470 e. The van der Waals surface area contributed by atoms with E-state index in [1.165, 1.54) is 6.07 Å². The molecule has 0 amide bonds. The molecule has 1 aromatic carbocycles. The predicted octanol–water partition coefficient (Wildman–Crippen LogP) is 2.35. The largest absolute Gasteiger partial charge is 0.470 e. The van der Waals surface area contributed by atoms with Gasteiger partial charge in [0.05, 0.1) is 11.0 Å². The highest BCUT2D eigenvalue weighted by molar-refractivity contribution is 6.20. The maximum absolute atomic E-state index is 10.7. The summed E-state index contributed by atoms with van der Waals surface area (Å²) in [6, 6.07) is 4.48. The number of nitrogens with zero attached hydrogens (tertiary/aromatic N) is 1. The molecule has 80 valence electrons. The van der Waals surface area contributed by atoms with Gasteiger partial charge in [-0.1, -0.05) is 17.7 Å². The van der Waals surface area contributed by atoms with E-state index < -0.39 is 10.5 Å². The van der Waals surface area contributed by atoms with Crippen molar-refractivity contribution in [1.82, 2.24) is 0 Å². The van der Waals surface area contributed by atoms with E-state index in [2.05, 4.69) is 5.32 Å². The van der Waals surface area contributed by atoms with E-state index >= 15 is 0 Å². The number of fused-ring (bicyclic) bond motifs is 1. The molecule has 0 saturated heterocycles. The lowest BCUT2D eigenvalue weighted by atomic mass is 10.2. The van der Waals surface area contributed by atoms with Gasteiger partial charge in [-0.25, -0.2) is 0 Å². The zero-order chi connectivity index (χ0) is 11.0. The second kappa shape index (κ2) is 3.58. The van der Waals surface area contributed by atoms with Gasteiger partial charge in [0.1, 0.15) is 0 Å². The van der Waals surface area contributed by atoms with Gasteiger partial charge in [0.25, 0.3) is 5.69 Å². The van der Waals surface area contributed by atoms with Crippen LogP contribution in [0.2, 0.25) is 0 Å². The van der Waals surface area contributed by atoms with E-state index in [4.69, 9.17) is 16.3 Å². The summed E-state index contributed by atoms with van der Waals surface area (Å²) in [6.45, 7) is 1.80. The number of benzene rings is 1. The molecular formula is C9H9ClN2O3. The minimum absolute atomic E-state index is 0.00270. The quantitative estimate of drug-likeness (QED) is 0.455. The van der Waals surface area contributed by atoms with Crippen molar-refractivity contribution in [2.75, 3.05) is 5.32 Å². The molecule has 1 N–H and O–H groups in total. The topological polar surface area (TPSA) is 64.4 Å². The van der Waals surface area contributed by atoms with Crippen LogP contribution >= 0.6 is 11.6 Å². The Morgan fingerprint density at radius 1 is 1.60 bits per heavy atom. The highest BCUT2D eigenvalue weighted by Gasteiger charge is 2.29. The Kier molecular flexibility index (Phi) is 2.40. The summed E-state index contributed by atoms with van der Waals surface area (Å²) in [5.41, 5.74) is -0.116. The maximum Gasteiger partial charge on any atom is 0.296 e. The van der Waals surface area contributed by atoms with Crippen LogP contribution in [0.5, 0.6) is 5.75 Å². The van der Waals surface area contributed by atoms with Crippen LogP contribution in [0.15, 0.2) is 18.2 Å². The molecule has 15 heavy (non-hydrogen) atoms. The molecular weight excluding hydrogens is 220 g/mol. The molecule has 0 radical (unpaired) electrons. The van der Waals surface area contributed by atoms with Gasteiger partial charge in [0.2, 0.25) is 0 Å². The first kappa shape index (κ1) is 10.0. The second-order valence-corrected chi connectivity index (χ2v) is 3.74. The van der Waals surface area contributed by atoms with Gasteiger partial charge in [-0.15, -0.1) is 0 Å². The molecule has 0 saturated carbocycles. The number of halogens is 1. The Labute approximate surface area is 91.1 Å². The smallest absolute Gasteiger partial charge is 0.296 e. The van der Waals surface area contributed by atoms with Gasteiger partial charge < -0.3 is 10.1 Å². The molecule has 1 unspecified atom stereocenters. The van der Waals surface area contributed by atoms with E-state index in [9.17, 15) is 10.1 Å². The Hall–Kier alpha value is -1.49. The average molecular weight is 229 g/mol. The number of nitro benzene ring substituents is 1. The number of alkyl halides is 1. The van der Waals surface area contributed by atoms with E-state index in [0.717, 1.165) is 0 Å². The zero-order valence-corrected chi connectivity index (χ0v) is 8.69. The Morgan fingerprint density at radius 2 is 2.33 bits per heavy atom. The molecule has 6 heteroatoms. The molecule has 0 aromatic heterocycles. The standard InChI is InChI=1S/C9H9ClN2O3/c1-5-9(10)15-7-4-2-3-6(12(13)14)8(7)11-5/h2-5,9,11H,1H3/t5?,9-/m1/s1. The Balaban J connectivity index is 2.48. The van der Waals surface area contributed by atoms with Crippen molar-refractivity contribution in [2.24, 2.45) is 0 Å². The van der Waals surface area contributed by atoms with Crippen molar-refractivity contribution in [3.63, 3.8) is 0 Å². The number of ether oxygens (including phenoxy) is 1. The fraction of sp³-hybridized carbons (Fsp3) is 0.333. The van der Waals surface area contributed by atoms with Crippen LogP contribution in [0.1, 0.15) is 6.92 Å². The minimum atomic E-state index is -0.514. The zero-order valence-electron chi connectivity index (χ0n) is 7.94. The van der Waals surface area contributed by atoms with Crippen LogP contribution in [0.3, 0.4) is 0 Å². The number of hydrogen-bond donors (Lipinski definition) is 1. The van der Waals surface area contributed by atoms with Crippen molar-refractivity contribution >= 4 is 23.0 Å². The third-order valence-corrected chi connectivity index (χ3v) is 2.67. The average Bonchev–Trinajstić information content (AvgIpc) is 2.18. The molecule has 5 nitrogen and oxygen atoms in total. The molecule has 1 aliphatic rings. The normalized spacial score (nSPS) is 23.6. The van der Waals surface area contributed by atoms with Crippen molar-refractivity contribution < 1.29 is 9.66 Å². The highest BCUT2D eigenvalue weighted by Crippen LogP contribution is 2.39. The van der Waals surface area contributed by atoms with Crippen molar-refractivity contribution in [3.8, 4) is 5.75 Å². The molecule has 2 atom stereocenters. The van der Waals surface area contributed by atoms with Crippen LogP contribution in [-0.4, -0.2) is 16.5 Å². The van der Waals surface area contributed by atoms with Crippen molar-refractivity contribution in [3.05, 3.63) is 28.3 Å². The molecule has 2 rings (SSSR count). The van der Waals surface area contributed by atoms with E-state index in [0.29, 0.717) is 11.4 Å². The molecule has 0 aliphatic carbocycles. The number of para-hydroxylation sites is 1. The summed E-state index contributed by atoms with van der Waals surface area (Å²) >= 11 is 5.87. The van der Waals surface area contributed by atoms with Crippen LogP contribution in [-0.2, 0) is 0 Å². The fourth-order valence-electron chi connectivity index (χ4n) is 1.43. The van der Waals surface area contributed by atoms with Gasteiger partial charge >= 0.3 is 0 Å². The van der Waals surface area contributed by atoms with Crippen LogP contribution in [0, 0.1) is 10.1 Å². The second-order valence-electron chi connectivity index (χ2n) is 3.31. The van der Waals surface area contributed by atoms with E-state index in [1.807, 2.05) is 0 Å². The molecule has 0 bridgehead atoms. The third kappa shape index (κ3) is 1.70. The summed E-state index contributed by atoms with van der Waals surface area (Å²) < 4.78 is 5.33. The Bertz CT molecular complexity index is 410. The molecule has 1 aliphatic heterocycles. The maximum atomic E-state index is 10.7. The number of hydrogen-bond acceptors (Lipinski definition) is 4. The molecule has 1 aromatic rings. The van der Waals surface area contributed by atoms with Gasteiger partial charge in [0.15, 0.2) is 17.0 Å². The molecule has 0 spiro atoms. The fourth-order valence-corrected chi connectivity index (χ4v) is 1.59. The van der Waals surface area contributed by atoms with Crippen LogP contribution in [0.4, 0.5) is 11.4 Å². The van der Waals surface area contributed by atoms with E-state index in [-0.39, 0.29) is 11.7 Å². The lowest BCUT2D eigenvalue weighted by Crippen LogP contribution is -2.35. The first-order valence-corrected chi connectivity index (χ1v) is 4.88. The Morgan fingerprint density at radius 3 is 3.00 bits per heavy atom. The van der Waals surface area contributed by atoms with Gasteiger partial charge in [-0.2, -0.15) is 0 Å². The third-order valence-electron chi connectivity index (χ3n) is 2.21. The van der Waals surface area contributed by atoms with Crippen molar-refractivity contribution in [2.45, 2.75) is 18.5 Å². The highest BCUT2D eigenvalue weighted by atomic mass is 35.5. The monoisotopic (exact) mass is 228 g/mol. The van der Waals surface area contributed by atoms with Gasteiger partial charge in [-0.05, 0) is 13.0 Å². The van der Waals surface area contributed by atoms with Gasteiger partial charge in [0, 0.05) is 6.07 Å². The first-order valence-electron chi connectivity index (χ1n) is 4.44. The predicted molar refractivity (Wildman–Crippen MR) is 56.5 cm³/mol. The summed E-state index contributed by atoms with van der Waals surface area (Å²) in [7, 11) is 0. The number of rotatable bonds is 1. The summed E-state index contributed by atoms with van der Waals surface area (Å²) in [6.07, 6.45) is 0. The SMILES string of the molecule is CC1Nc2c(cccc2[N+](=O)[O-])O[C@H]1Cl.